The highest BCUT2D eigenvalue weighted by Crippen LogP contribution is 2.43. The second-order valence-corrected chi connectivity index (χ2v) is 9.64. The maximum Gasteiger partial charge on any atom is 0.305 e. The van der Waals surface area contributed by atoms with Crippen molar-refractivity contribution < 1.29 is 14.7 Å². The van der Waals surface area contributed by atoms with Crippen LogP contribution in [0, 0.1) is 0 Å². The van der Waals surface area contributed by atoms with Crippen molar-refractivity contribution >= 4 is 85.7 Å². The van der Waals surface area contributed by atoms with E-state index in [1.54, 1.807) is 29.2 Å². The number of nitrogens with zero attached hydrogens (tertiary/aromatic N) is 2. The predicted molar refractivity (Wildman–Crippen MR) is 114 cm³/mol. The van der Waals surface area contributed by atoms with E-state index in [9.17, 15) is 9.59 Å². The van der Waals surface area contributed by atoms with Crippen LogP contribution >= 0.6 is 57.9 Å². The Morgan fingerprint density at radius 1 is 1.21 bits per heavy atom. The van der Waals surface area contributed by atoms with E-state index in [0.717, 1.165) is 9.60 Å². The van der Waals surface area contributed by atoms with Gasteiger partial charge in [-0.15, -0.1) is 23.1 Å². The molecule has 144 valence electrons. The average molecular weight is 474 g/mol. The van der Waals surface area contributed by atoms with Crippen LogP contribution in [0.4, 0.5) is 5.69 Å². The van der Waals surface area contributed by atoms with Crippen molar-refractivity contribution in [2.45, 2.75) is 23.1 Å². The normalized spacial score (nSPS) is 16.5. The lowest BCUT2D eigenvalue weighted by Crippen LogP contribution is -2.41. The highest BCUT2D eigenvalue weighted by molar-refractivity contribution is 8.01. The van der Waals surface area contributed by atoms with Crippen LogP contribution in [0.3, 0.4) is 0 Å². The van der Waals surface area contributed by atoms with Crippen LogP contribution in [-0.4, -0.2) is 27.2 Å². The van der Waals surface area contributed by atoms with Crippen LogP contribution in [0.5, 0.6) is 0 Å². The lowest BCUT2D eigenvalue weighted by Gasteiger charge is -2.32. The molecule has 28 heavy (non-hydrogen) atoms. The van der Waals surface area contributed by atoms with Gasteiger partial charge in [-0.3, -0.25) is 9.59 Å². The molecule has 2 heterocycles. The van der Waals surface area contributed by atoms with Gasteiger partial charge in [0.1, 0.15) is 10.5 Å². The van der Waals surface area contributed by atoms with Crippen molar-refractivity contribution in [3.05, 3.63) is 50.4 Å². The van der Waals surface area contributed by atoms with E-state index in [2.05, 4.69) is 4.98 Å². The third-order valence-electron chi connectivity index (χ3n) is 4.17. The number of anilines is 1. The molecule has 0 saturated heterocycles. The Balaban J connectivity index is 1.74. The van der Waals surface area contributed by atoms with E-state index in [1.165, 1.54) is 23.1 Å². The van der Waals surface area contributed by atoms with Gasteiger partial charge in [-0.1, -0.05) is 34.8 Å². The Morgan fingerprint density at radius 2 is 2.00 bits per heavy atom. The number of amides is 1. The van der Waals surface area contributed by atoms with E-state index in [0.29, 0.717) is 31.3 Å². The third-order valence-corrected chi connectivity index (χ3v) is 7.44. The van der Waals surface area contributed by atoms with Gasteiger partial charge in [0.05, 0.1) is 38.6 Å². The first-order valence-electron chi connectivity index (χ1n) is 8.06. The minimum Gasteiger partial charge on any atom is -0.481 e. The SMILES string of the molecule is O=C(O)CC1Sc2cc(Cl)ccc2N(Cc2nc3c(Cl)c(Cl)ccc3s2)C1=O. The Hall–Kier alpha value is -1.51. The molecule has 0 spiro atoms. The number of carboxylic acid groups (broad SMARTS) is 1. The number of benzene rings is 2. The van der Waals surface area contributed by atoms with Gasteiger partial charge in [-0.25, -0.2) is 4.98 Å². The van der Waals surface area contributed by atoms with Crippen LogP contribution in [0.1, 0.15) is 11.4 Å². The fourth-order valence-electron chi connectivity index (χ4n) is 2.94. The van der Waals surface area contributed by atoms with Crippen molar-refractivity contribution in [2.24, 2.45) is 0 Å². The quantitative estimate of drug-likeness (QED) is 0.523. The second kappa shape index (κ2) is 7.72. The van der Waals surface area contributed by atoms with Gasteiger partial charge in [0, 0.05) is 9.92 Å². The number of carbonyl (C=O) groups is 2. The number of thioether (sulfide) groups is 1. The first-order chi connectivity index (χ1) is 13.3. The molecule has 5 nitrogen and oxygen atoms in total. The van der Waals surface area contributed by atoms with Crippen LogP contribution in [-0.2, 0) is 16.1 Å². The number of halogens is 3. The number of carbonyl (C=O) groups excluding carboxylic acids is 1. The van der Waals surface area contributed by atoms with Gasteiger partial charge in [0.2, 0.25) is 5.91 Å². The fraction of sp³-hybridized carbons (Fsp3) is 0.167. The zero-order valence-corrected chi connectivity index (χ0v) is 17.9. The zero-order valence-electron chi connectivity index (χ0n) is 14.0. The summed E-state index contributed by atoms with van der Waals surface area (Å²) in [6, 6.07) is 8.74. The molecule has 1 atom stereocenters. The Labute approximate surface area is 183 Å². The Morgan fingerprint density at radius 3 is 2.75 bits per heavy atom. The van der Waals surface area contributed by atoms with E-state index in [1.807, 2.05) is 6.07 Å². The molecule has 1 amide bonds. The summed E-state index contributed by atoms with van der Waals surface area (Å²) in [7, 11) is 0. The molecular weight excluding hydrogens is 463 g/mol. The molecule has 3 aromatic rings. The predicted octanol–water partition coefficient (Wildman–Crippen LogP) is 5.74. The number of rotatable bonds is 4. The molecule has 2 aromatic carbocycles. The summed E-state index contributed by atoms with van der Waals surface area (Å²) in [5, 5.41) is 10.4. The molecule has 1 N–H and O–H groups in total. The molecule has 1 aromatic heterocycles. The lowest BCUT2D eigenvalue weighted by molar-refractivity contribution is -0.138. The molecule has 1 unspecified atom stereocenters. The van der Waals surface area contributed by atoms with Crippen LogP contribution in [0.15, 0.2) is 35.2 Å². The second-order valence-electron chi connectivity index (χ2n) is 6.06. The number of hydrogen-bond acceptors (Lipinski definition) is 5. The highest BCUT2D eigenvalue weighted by Gasteiger charge is 2.35. The largest absolute Gasteiger partial charge is 0.481 e. The smallest absolute Gasteiger partial charge is 0.305 e. The number of hydrogen-bond donors (Lipinski definition) is 1. The van der Waals surface area contributed by atoms with Crippen LogP contribution in [0.25, 0.3) is 10.2 Å². The maximum absolute atomic E-state index is 13.0. The maximum atomic E-state index is 13.0. The molecule has 0 fully saturated rings. The van der Waals surface area contributed by atoms with E-state index < -0.39 is 11.2 Å². The van der Waals surface area contributed by atoms with Crippen LogP contribution < -0.4 is 4.90 Å². The molecular formula is C18H11Cl3N2O3S2. The minimum absolute atomic E-state index is 0.206. The van der Waals surface area contributed by atoms with Gasteiger partial charge in [0.15, 0.2) is 0 Å². The van der Waals surface area contributed by atoms with Crippen molar-refractivity contribution in [3.8, 4) is 0 Å². The van der Waals surface area contributed by atoms with Crippen molar-refractivity contribution in [1.82, 2.24) is 4.98 Å². The van der Waals surface area contributed by atoms with Crippen LogP contribution in [0.2, 0.25) is 15.1 Å². The first kappa shape index (κ1) is 19.8. The van der Waals surface area contributed by atoms with E-state index in [-0.39, 0.29) is 18.9 Å². The topological polar surface area (TPSA) is 70.5 Å². The standard InChI is InChI=1S/C18H11Cl3N2O3S2/c19-8-1-3-10-12(5-8)27-13(6-15(24)25)18(26)23(10)7-14-22-17-11(28-14)4-2-9(20)16(17)21/h1-5,13H,6-7H2,(H,24,25). The molecule has 1 aliphatic rings. The summed E-state index contributed by atoms with van der Waals surface area (Å²) >= 11 is 21.0. The molecule has 0 aliphatic carbocycles. The Kier molecular flexibility index (Phi) is 5.46. The average Bonchev–Trinajstić information content (AvgIpc) is 3.05. The number of aromatic nitrogens is 1. The minimum atomic E-state index is -1.03. The first-order valence-corrected chi connectivity index (χ1v) is 10.9. The summed E-state index contributed by atoms with van der Waals surface area (Å²) in [4.78, 5) is 31.0. The zero-order chi connectivity index (χ0) is 20.0. The molecule has 10 heteroatoms. The lowest BCUT2D eigenvalue weighted by atomic mass is 10.2. The monoisotopic (exact) mass is 472 g/mol. The number of thiazole rings is 1. The van der Waals surface area contributed by atoms with E-state index in [4.69, 9.17) is 39.9 Å². The molecule has 4 rings (SSSR count). The number of carboxylic acids is 1. The van der Waals surface area contributed by atoms with E-state index >= 15 is 0 Å². The summed E-state index contributed by atoms with van der Waals surface area (Å²) in [5.74, 6) is -1.30. The van der Waals surface area contributed by atoms with Gasteiger partial charge < -0.3 is 10.0 Å². The van der Waals surface area contributed by atoms with Gasteiger partial charge >= 0.3 is 5.97 Å². The molecule has 0 bridgehead atoms. The summed E-state index contributed by atoms with van der Waals surface area (Å²) in [5.41, 5.74) is 1.27. The van der Waals surface area contributed by atoms with Crippen molar-refractivity contribution in [1.29, 1.82) is 0 Å². The Bertz CT molecular complexity index is 1120. The summed E-state index contributed by atoms with van der Waals surface area (Å²) in [6.45, 7) is 0.206. The van der Waals surface area contributed by atoms with Gasteiger partial charge in [-0.2, -0.15) is 0 Å². The van der Waals surface area contributed by atoms with Gasteiger partial charge in [0.25, 0.3) is 0 Å². The number of aliphatic carboxylic acids is 1. The summed E-state index contributed by atoms with van der Waals surface area (Å²) in [6.07, 6.45) is -0.271. The fourth-order valence-corrected chi connectivity index (χ4v) is 5.81. The highest BCUT2D eigenvalue weighted by atomic mass is 35.5. The van der Waals surface area contributed by atoms with Crippen molar-refractivity contribution in [2.75, 3.05) is 4.90 Å². The molecule has 0 saturated carbocycles. The summed E-state index contributed by atoms with van der Waals surface area (Å²) < 4.78 is 0.863. The van der Waals surface area contributed by atoms with Crippen molar-refractivity contribution in [3.63, 3.8) is 0 Å². The number of fused-ring (bicyclic) bond motifs is 2. The molecule has 1 aliphatic heterocycles. The molecule has 0 radical (unpaired) electrons. The third kappa shape index (κ3) is 3.69. The van der Waals surface area contributed by atoms with Gasteiger partial charge in [-0.05, 0) is 30.3 Å².